The molecular weight excluding hydrogens is 378 g/mol. The van der Waals surface area contributed by atoms with Crippen LogP contribution in [0, 0.1) is 6.92 Å². The number of β-amino-alcohol motifs (C(OH)–C–C–N with tert-alkyl or cyclic N) is 1. The minimum absolute atomic E-state index is 0.148. The van der Waals surface area contributed by atoms with Crippen LogP contribution in [-0.2, 0) is 0 Å². The van der Waals surface area contributed by atoms with Crippen LogP contribution in [0.3, 0.4) is 0 Å². The summed E-state index contributed by atoms with van der Waals surface area (Å²) in [6.45, 7) is 5.06. The molecule has 4 N–H and O–H groups in total. The van der Waals surface area contributed by atoms with Crippen molar-refractivity contribution in [1.82, 2.24) is 19.9 Å². The second-order valence-electron chi connectivity index (χ2n) is 7.03. The first-order valence-corrected chi connectivity index (χ1v) is 9.55. The Kier molecular flexibility index (Phi) is 4.91. The van der Waals surface area contributed by atoms with Crippen molar-refractivity contribution in [3.8, 4) is 0 Å². The summed E-state index contributed by atoms with van der Waals surface area (Å²) in [6, 6.07) is 7.65. The molecule has 3 aromatic rings. The summed E-state index contributed by atoms with van der Waals surface area (Å²) in [5.74, 6) is 1.94. The van der Waals surface area contributed by atoms with Gasteiger partial charge in [-0.15, -0.1) is 0 Å². The number of fused-ring (bicyclic) bond motifs is 1. The van der Waals surface area contributed by atoms with Gasteiger partial charge in [-0.2, -0.15) is 15.0 Å². The molecule has 1 fully saturated rings. The summed E-state index contributed by atoms with van der Waals surface area (Å²) in [4.78, 5) is 19.4. The molecule has 1 aromatic carbocycles. The van der Waals surface area contributed by atoms with Crippen molar-refractivity contribution >= 4 is 40.2 Å². The molecule has 28 heavy (non-hydrogen) atoms. The average molecular weight is 400 g/mol. The van der Waals surface area contributed by atoms with Crippen LogP contribution in [0.2, 0.25) is 5.02 Å². The lowest BCUT2D eigenvalue weighted by molar-refractivity contribution is 0.198. The molecule has 146 valence electrons. The molecule has 0 unspecified atom stereocenters. The van der Waals surface area contributed by atoms with Crippen molar-refractivity contribution in [2.45, 2.75) is 32.4 Å². The van der Waals surface area contributed by atoms with Gasteiger partial charge in [0.1, 0.15) is 11.6 Å². The van der Waals surface area contributed by atoms with E-state index in [0.29, 0.717) is 29.8 Å². The zero-order chi connectivity index (χ0) is 19.8. The maximum atomic E-state index is 10.0. The predicted molar refractivity (Wildman–Crippen MR) is 111 cm³/mol. The number of nitrogens with zero attached hydrogens (tertiary/aromatic N) is 5. The van der Waals surface area contributed by atoms with Crippen molar-refractivity contribution in [3.63, 3.8) is 0 Å². The third kappa shape index (κ3) is 3.65. The minimum Gasteiger partial charge on any atom is -0.391 e. The van der Waals surface area contributed by atoms with E-state index in [-0.39, 0.29) is 18.1 Å². The number of nitrogen functional groups attached to an aromatic ring is 1. The van der Waals surface area contributed by atoms with E-state index >= 15 is 0 Å². The first-order chi connectivity index (χ1) is 13.4. The molecule has 0 bridgehead atoms. The van der Waals surface area contributed by atoms with Gasteiger partial charge in [-0.3, -0.25) is 0 Å². The van der Waals surface area contributed by atoms with Crippen LogP contribution >= 0.6 is 11.6 Å². The zero-order valence-electron chi connectivity index (χ0n) is 15.7. The normalized spacial score (nSPS) is 17.9. The number of anilines is 3. The van der Waals surface area contributed by atoms with Gasteiger partial charge >= 0.3 is 0 Å². The lowest BCUT2D eigenvalue weighted by atomic mass is 10.1. The Morgan fingerprint density at radius 3 is 2.82 bits per heavy atom. The largest absolute Gasteiger partial charge is 0.391 e. The van der Waals surface area contributed by atoms with E-state index in [0.717, 1.165) is 28.8 Å². The van der Waals surface area contributed by atoms with Crippen LogP contribution in [0.5, 0.6) is 0 Å². The number of nitrogens with two attached hydrogens (primary N) is 1. The number of aliphatic hydroxyl groups is 1. The summed E-state index contributed by atoms with van der Waals surface area (Å²) in [6.07, 6.45) is 0.359. The molecule has 2 atom stereocenters. The summed E-state index contributed by atoms with van der Waals surface area (Å²) >= 11 is 6.37. The monoisotopic (exact) mass is 399 g/mol. The molecule has 1 aliphatic heterocycles. The Morgan fingerprint density at radius 2 is 2.11 bits per heavy atom. The number of aliphatic hydroxyl groups excluding tert-OH is 1. The SMILES string of the molecule is Cc1nc(N)nc(N[C@@H](C)c2cc3cccc(Cl)c3nc2N2CC[C@H](O)C2)n1. The number of nitrogens with one attached hydrogen (secondary N) is 1. The molecule has 8 nitrogen and oxygen atoms in total. The molecular formula is C19H22ClN7O. The molecule has 1 saturated heterocycles. The molecule has 0 spiro atoms. The van der Waals surface area contributed by atoms with Gasteiger partial charge in [-0.1, -0.05) is 23.7 Å². The van der Waals surface area contributed by atoms with Crippen LogP contribution < -0.4 is 16.0 Å². The van der Waals surface area contributed by atoms with Crippen molar-refractivity contribution in [2.75, 3.05) is 29.0 Å². The highest BCUT2D eigenvalue weighted by Crippen LogP contribution is 2.34. The second-order valence-corrected chi connectivity index (χ2v) is 7.44. The molecule has 2 aromatic heterocycles. The number of aryl methyl sites for hydroxylation is 1. The second kappa shape index (κ2) is 7.37. The molecule has 0 radical (unpaired) electrons. The van der Waals surface area contributed by atoms with Gasteiger partial charge in [0.15, 0.2) is 0 Å². The van der Waals surface area contributed by atoms with Crippen LogP contribution in [0.4, 0.5) is 17.7 Å². The van der Waals surface area contributed by atoms with Crippen molar-refractivity contribution < 1.29 is 5.11 Å². The van der Waals surface area contributed by atoms with Crippen molar-refractivity contribution in [1.29, 1.82) is 0 Å². The first-order valence-electron chi connectivity index (χ1n) is 9.17. The predicted octanol–water partition coefficient (Wildman–Crippen LogP) is 2.71. The average Bonchev–Trinajstić information content (AvgIpc) is 3.06. The third-order valence-corrected chi connectivity index (χ3v) is 5.15. The van der Waals surface area contributed by atoms with E-state index in [1.54, 1.807) is 6.92 Å². The number of aromatic nitrogens is 4. The van der Waals surface area contributed by atoms with Gasteiger partial charge in [0, 0.05) is 24.0 Å². The first kappa shape index (κ1) is 18.6. The van der Waals surface area contributed by atoms with Crippen molar-refractivity contribution in [2.24, 2.45) is 0 Å². The Morgan fingerprint density at radius 1 is 1.29 bits per heavy atom. The minimum atomic E-state index is -0.356. The van der Waals surface area contributed by atoms with Gasteiger partial charge in [0.2, 0.25) is 11.9 Å². The van der Waals surface area contributed by atoms with Crippen LogP contribution in [0.15, 0.2) is 24.3 Å². The van der Waals surface area contributed by atoms with Crippen LogP contribution in [0.1, 0.15) is 30.8 Å². The van der Waals surface area contributed by atoms with Gasteiger partial charge < -0.3 is 21.1 Å². The number of pyridine rings is 1. The molecule has 0 aliphatic carbocycles. The van der Waals surface area contributed by atoms with E-state index in [4.69, 9.17) is 22.3 Å². The number of halogens is 1. The molecule has 0 amide bonds. The maximum Gasteiger partial charge on any atom is 0.228 e. The van der Waals surface area contributed by atoms with E-state index in [1.807, 2.05) is 25.1 Å². The topological polar surface area (TPSA) is 113 Å². The summed E-state index contributed by atoms with van der Waals surface area (Å²) in [7, 11) is 0. The summed E-state index contributed by atoms with van der Waals surface area (Å²) in [5, 5.41) is 14.8. The maximum absolute atomic E-state index is 10.0. The molecule has 0 saturated carbocycles. The quantitative estimate of drug-likeness (QED) is 0.613. The van der Waals surface area contributed by atoms with Crippen molar-refractivity contribution in [3.05, 3.63) is 40.7 Å². The fourth-order valence-corrected chi connectivity index (χ4v) is 3.74. The summed E-state index contributed by atoms with van der Waals surface area (Å²) in [5.41, 5.74) is 7.46. The van der Waals surface area contributed by atoms with E-state index < -0.39 is 0 Å². The fraction of sp³-hybridized carbons (Fsp3) is 0.368. The van der Waals surface area contributed by atoms with Gasteiger partial charge in [0.25, 0.3) is 0 Å². The highest BCUT2D eigenvalue weighted by molar-refractivity contribution is 6.35. The Labute approximate surface area is 167 Å². The van der Waals surface area contributed by atoms with Crippen LogP contribution in [0.25, 0.3) is 10.9 Å². The fourth-order valence-electron chi connectivity index (χ4n) is 3.51. The van der Waals surface area contributed by atoms with Gasteiger partial charge in [0.05, 0.1) is 22.7 Å². The Hall–Kier alpha value is -2.71. The number of hydrogen-bond donors (Lipinski definition) is 3. The lowest BCUT2D eigenvalue weighted by Crippen LogP contribution is -2.25. The van der Waals surface area contributed by atoms with Crippen LogP contribution in [-0.4, -0.2) is 44.2 Å². The number of benzene rings is 1. The molecule has 9 heteroatoms. The van der Waals surface area contributed by atoms with E-state index in [9.17, 15) is 5.11 Å². The van der Waals surface area contributed by atoms with Gasteiger partial charge in [-0.05, 0) is 32.4 Å². The van der Waals surface area contributed by atoms with E-state index in [2.05, 4.69) is 31.2 Å². The third-order valence-electron chi connectivity index (χ3n) is 4.84. The van der Waals surface area contributed by atoms with Gasteiger partial charge in [-0.25, -0.2) is 4.98 Å². The summed E-state index contributed by atoms with van der Waals surface area (Å²) < 4.78 is 0. The Balaban J connectivity index is 1.77. The standard InChI is InChI=1S/C19H22ClN7O/c1-10(22-19-24-11(2)23-18(21)26-19)14-8-12-4-3-5-15(20)16(12)25-17(14)27-7-6-13(28)9-27/h3-5,8,10,13,28H,6-7,9H2,1-2H3,(H3,21,22,23,24,26)/t10-,13-/m0/s1. The highest BCUT2D eigenvalue weighted by Gasteiger charge is 2.26. The smallest absolute Gasteiger partial charge is 0.228 e. The molecule has 3 heterocycles. The number of para-hydroxylation sites is 1. The molecule has 4 rings (SSSR count). The lowest BCUT2D eigenvalue weighted by Gasteiger charge is -2.25. The highest BCUT2D eigenvalue weighted by atomic mass is 35.5. The zero-order valence-corrected chi connectivity index (χ0v) is 16.5. The molecule has 1 aliphatic rings. The Bertz CT molecular complexity index is 1010. The number of hydrogen-bond acceptors (Lipinski definition) is 8. The van der Waals surface area contributed by atoms with E-state index in [1.165, 1.54) is 0 Å². The number of rotatable bonds is 4.